The van der Waals surface area contributed by atoms with Crippen LogP contribution >= 0.6 is 0 Å². The fraction of sp³-hybridized carbons (Fsp3) is 0.435. The Morgan fingerprint density at radius 3 is 2.46 bits per heavy atom. The van der Waals surface area contributed by atoms with E-state index in [1.165, 1.54) is 29.0 Å². The van der Waals surface area contributed by atoms with Crippen LogP contribution in [0.3, 0.4) is 0 Å². The van der Waals surface area contributed by atoms with Crippen LogP contribution in [0.1, 0.15) is 41.2 Å². The van der Waals surface area contributed by atoms with Gasteiger partial charge in [0.05, 0.1) is 51.9 Å². The smallest absolute Gasteiger partial charge is 0.379 e. The molecule has 37 heavy (non-hydrogen) atoms. The molecule has 0 aliphatic carbocycles. The topological polar surface area (TPSA) is 98.1 Å². The van der Waals surface area contributed by atoms with Gasteiger partial charge in [-0.2, -0.15) is 23.4 Å². The third kappa shape index (κ3) is 5.48. The van der Waals surface area contributed by atoms with Gasteiger partial charge in [-0.05, 0) is 56.8 Å². The van der Waals surface area contributed by atoms with E-state index in [2.05, 4.69) is 25.5 Å². The maximum absolute atomic E-state index is 14.0. The Morgan fingerprint density at radius 2 is 1.84 bits per heavy atom. The highest BCUT2D eigenvalue weighted by Crippen LogP contribution is 2.32. The average molecular weight is 509 g/mol. The van der Waals surface area contributed by atoms with Gasteiger partial charge in [-0.15, -0.1) is 4.80 Å². The summed E-state index contributed by atoms with van der Waals surface area (Å²) in [6, 6.07) is 3.40. The number of aryl methyl sites for hydroxylation is 2. The van der Waals surface area contributed by atoms with Crippen molar-refractivity contribution in [2.45, 2.75) is 57.5 Å². The maximum Gasteiger partial charge on any atom is 0.417 e. The summed E-state index contributed by atoms with van der Waals surface area (Å²) >= 11 is 0. The highest BCUT2D eigenvalue weighted by molar-refractivity contribution is 6.42. The van der Waals surface area contributed by atoms with E-state index in [1.54, 1.807) is 32.9 Å². The highest BCUT2D eigenvalue weighted by Gasteiger charge is 2.45. The number of aromatic nitrogens is 5. The molecule has 9 nitrogen and oxygen atoms in total. The molecule has 1 aliphatic rings. The number of nitrogens with one attached hydrogen (secondary N) is 1. The molecule has 4 heterocycles. The number of halogens is 3. The third-order valence-corrected chi connectivity index (χ3v) is 6.02. The molecule has 0 spiro atoms. The molecule has 1 amide bonds. The number of carbonyl (C=O) groups is 1. The van der Waals surface area contributed by atoms with Crippen molar-refractivity contribution in [3.05, 3.63) is 59.3 Å². The van der Waals surface area contributed by atoms with E-state index in [0.717, 1.165) is 6.07 Å². The van der Waals surface area contributed by atoms with Gasteiger partial charge in [-0.1, -0.05) is 0 Å². The summed E-state index contributed by atoms with van der Waals surface area (Å²) < 4.78 is 45.2. The van der Waals surface area contributed by atoms with Crippen molar-refractivity contribution in [3.63, 3.8) is 0 Å². The first-order valence-electron chi connectivity index (χ1n) is 11.5. The van der Waals surface area contributed by atoms with Gasteiger partial charge < -0.3 is 15.0 Å². The standard InChI is InChI=1S/C23H24B2F3N7O2/c1-12-9-16(23(26,27)28)10-29-20(12)33-22(24,25)19-15(4)37-14(3)11-34(19)21(36)18-17(6-5-13(2)32-18)35-30-7-8-31-35/h5-10,14-15,19H,11H2,1-4H3,(H,29,33). The van der Waals surface area contributed by atoms with Crippen molar-refractivity contribution in [3.8, 4) is 5.69 Å². The predicted octanol–water partition coefficient (Wildman–Crippen LogP) is 2.41. The lowest BCUT2D eigenvalue weighted by Gasteiger charge is -2.51. The number of pyridine rings is 2. The van der Waals surface area contributed by atoms with Crippen molar-refractivity contribution < 1.29 is 22.7 Å². The van der Waals surface area contributed by atoms with Crippen LogP contribution in [0, 0.1) is 13.8 Å². The lowest BCUT2D eigenvalue weighted by molar-refractivity contribution is -0.137. The Bertz CT molecular complexity index is 1290. The van der Waals surface area contributed by atoms with Gasteiger partial charge in [0.2, 0.25) is 0 Å². The van der Waals surface area contributed by atoms with Crippen molar-refractivity contribution in [1.29, 1.82) is 0 Å². The Morgan fingerprint density at radius 1 is 1.16 bits per heavy atom. The summed E-state index contributed by atoms with van der Waals surface area (Å²) in [7, 11) is 13.0. The van der Waals surface area contributed by atoms with Gasteiger partial charge in [0.25, 0.3) is 5.91 Å². The molecular formula is C23H24B2F3N7O2. The molecule has 0 aromatic carbocycles. The molecule has 3 unspecified atom stereocenters. The Kier molecular flexibility index (Phi) is 7.06. The Labute approximate surface area is 214 Å². The first kappa shape index (κ1) is 26.6. The minimum atomic E-state index is -4.55. The molecule has 0 saturated carbocycles. The predicted molar refractivity (Wildman–Crippen MR) is 131 cm³/mol. The number of anilines is 1. The fourth-order valence-electron chi connectivity index (χ4n) is 4.47. The zero-order valence-electron chi connectivity index (χ0n) is 20.7. The van der Waals surface area contributed by atoms with Crippen LogP contribution in [-0.4, -0.2) is 81.6 Å². The van der Waals surface area contributed by atoms with Crippen molar-refractivity contribution in [2.24, 2.45) is 0 Å². The summed E-state index contributed by atoms with van der Waals surface area (Å²) in [6.07, 6.45) is -1.91. The van der Waals surface area contributed by atoms with E-state index in [4.69, 9.17) is 20.4 Å². The first-order chi connectivity index (χ1) is 17.3. The summed E-state index contributed by atoms with van der Waals surface area (Å²) in [5, 5.41) is 9.20. The van der Waals surface area contributed by atoms with E-state index < -0.39 is 35.1 Å². The number of rotatable bonds is 5. The van der Waals surface area contributed by atoms with Gasteiger partial charge in [0, 0.05) is 18.4 Å². The monoisotopic (exact) mass is 509 g/mol. The Balaban J connectivity index is 1.71. The molecule has 1 N–H and O–H groups in total. The van der Waals surface area contributed by atoms with Gasteiger partial charge in [0.1, 0.15) is 11.5 Å². The normalized spacial score (nSPS) is 20.6. The number of nitrogens with zero attached hydrogens (tertiary/aromatic N) is 6. The molecular weight excluding hydrogens is 485 g/mol. The van der Waals surface area contributed by atoms with E-state index >= 15 is 0 Å². The van der Waals surface area contributed by atoms with Crippen LogP contribution < -0.4 is 5.32 Å². The SMILES string of the molecule is [B]C([B])(Nc1ncc(C(F)(F)F)cc1C)C1C(C)OC(C)CN1C(=O)c1nc(C)ccc1-n1nccn1. The molecule has 3 atom stereocenters. The van der Waals surface area contributed by atoms with E-state index in [0.29, 0.717) is 17.6 Å². The molecule has 4 rings (SSSR count). The summed E-state index contributed by atoms with van der Waals surface area (Å²) in [4.78, 5) is 25.0. The number of alkyl halides is 3. The summed E-state index contributed by atoms with van der Waals surface area (Å²) in [5.74, 6) is -0.437. The second kappa shape index (κ2) is 9.81. The number of hydrogen-bond donors (Lipinski definition) is 1. The molecule has 3 aromatic rings. The van der Waals surface area contributed by atoms with Gasteiger partial charge in [-0.3, -0.25) is 4.79 Å². The molecule has 1 fully saturated rings. The lowest BCUT2D eigenvalue weighted by Crippen LogP contribution is -2.68. The molecule has 3 aromatic heterocycles. The molecule has 1 saturated heterocycles. The third-order valence-electron chi connectivity index (χ3n) is 6.02. The zero-order valence-corrected chi connectivity index (χ0v) is 20.7. The maximum atomic E-state index is 14.0. The second-order valence-corrected chi connectivity index (χ2v) is 9.14. The van der Waals surface area contributed by atoms with Crippen LogP contribution in [0.15, 0.2) is 36.8 Å². The van der Waals surface area contributed by atoms with Gasteiger partial charge >= 0.3 is 6.18 Å². The Hall–Kier alpha value is -3.41. The minimum Gasteiger partial charge on any atom is -0.379 e. The van der Waals surface area contributed by atoms with E-state index in [-0.39, 0.29) is 29.7 Å². The zero-order chi connectivity index (χ0) is 27.1. The number of morpholine rings is 1. The van der Waals surface area contributed by atoms with Crippen LogP contribution in [-0.2, 0) is 10.9 Å². The average Bonchev–Trinajstić information content (AvgIpc) is 3.33. The second-order valence-electron chi connectivity index (χ2n) is 9.14. The van der Waals surface area contributed by atoms with Crippen LogP contribution in [0.5, 0.6) is 0 Å². The molecule has 1 aliphatic heterocycles. The number of carbonyl (C=O) groups excluding carboxylic acids is 1. The minimum absolute atomic E-state index is 0.0475. The molecule has 190 valence electrons. The lowest BCUT2D eigenvalue weighted by atomic mass is 9.55. The fourth-order valence-corrected chi connectivity index (χ4v) is 4.47. The van der Waals surface area contributed by atoms with E-state index in [9.17, 15) is 18.0 Å². The van der Waals surface area contributed by atoms with Crippen molar-refractivity contribution >= 4 is 27.4 Å². The van der Waals surface area contributed by atoms with Crippen molar-refractivity contribution in [2.75, 3.05) is 11.9 Å². The largest absolute Gasteiger partial charge is 0.417 e. The summed E-state index contributed by atoms with van der Waals surface area (Å²) in [5.41, 5.74) is 0.319. The molecule has 4 radical (unpaired) electrons. The molecule has 0 bridgehead atoms. The van der Waals surface area contributed by atoms with Crippen LogP contribution in [0.2, 0.25) is 0 Å². The number of ether oxygens (including phenoxy) is 1. The number of amides is 1. The van der Waals surface area contributed by atoms with Crippen LogP contribution in [0.4, 0.5) is 19.0 Å². The number of hydrogen-bond acceptors (Lipinski definition) is 7. The van der Waals surface area contributed by atoms with Crippen LogP contribution in [0.25, 0.3) is 5.69 Å². The summed E-state index contributed by atoms with van der Waals surface area (Å²) in [6.45, 7) is 6.84. The molecule has 14 heteroatoms. The van der Waals surface area contributed by atoms with Gasteiger partial charge in [0.15, 0.2) is 5.69 Å². The quantitative estimate of drug-likeness (QED) is 0.528. The highest BCUT2D eigenvalue weighted by atomic mass is 19.4. The van der Waals surface area contributed by atoms with E-state index in [1.807, 2.05) is 0 Å². The van der Waals surface area contributed by atoms with Crippen molar-refractivity contribution in [1.82, 2.24) is 29.9 Å². The first-order valence-corrected chi connectivity index (χ1v) is 11.5. The van der Waals surface area contributed by atoms with Gasteiger partial charge in [-0.25, -0.2) is 9.97 Å².